The van der Waals surface area contributed by atoms with Crippen LogP contribution in [0.2, 0.25) is 0 Å². The number of fused-ring (bicyclic) bond motifs is 1. The number of hydrogen-bond donors (Lipinski definition) is 2. The van der Waals surface area contributed by atoms with Crippen LogP contribution in [0.25, 0.3) is 10.9 Å². The summed E-state index contributed by atoms with van der Waals surface area (Å²) in [6, 6.07) is 12.1. The average molecular weight is 339 g/mol. The number of aliphatic hydroxyl groups excluding tert-OH is 1. The first-order valence-corrected chi connectivity index (χ1v) is 9.16. The number of carbonyl (C=O) groups is 1. The van der Waals surface area contributed by atoms with Crippen LogP contribution < -0.4 is 5.73 Å². The third kappa shape index (κ3) is 3.14. The van der Waals surface area contributed by atoms with Gasteiger partial charge in [0.2, 0.25) is 5.91 Å². The predicted molar refractivity (Wildman–Crippen MR) is 96.9 cm³/mol. The molecular formula is C20H25N3O2. The number of aliphatic hydroxyl groups is 1. The molecule has 2 unspecified atom stereocenters. The molecule has 0 radical (unpaired) electrons. The molecule has 1 saturated heterocycles. The van der Waals surface area contributed by atoms with Gasteiger partial charge in [-0.1, -0.05) is 37.1 Å². The molecule has 1 amide bonds. The molecule has 2 fully saturated rings. The molecule has 1 saturated carbocycles. The number of nitrogens with two attached hydrogens (primary N) is 1. The quantitative estimate of drug-likeness (QED) is 0.895. The Morgan fingerprint density at radius 1 is 1.20 bits per heavy atom. The molecule has 1 aliphatic carbocycles. The smallest absolute Gasteiger partial charge is 0.242 e. The zero-order valence-electron chi connectivity index (χ0n) is 14.4. The summed E-state index contributed by atoms with van der Waals surface area (Å²) in [6.45, 7) is 0.948. The number of amides is 1. The van der Waals surface area contributed by atoms with E-state index in [9.17, 15) is 9.90 Å². The first kappa shape index (κ1) is 16.5. The van der Waals surface area contributed by atoms with Gasteiger partial charge in [0.15, 0.2) is 0 Å². The summed E-state index contributed by atoms with van der Waals surface area (Å²) in [5, 5.41) is 11.6. The van der Waals surface area contributed by atoms with Crippen molar-refractivity contribution in [2.75, 3.05) is 13.1 Å². The van der Waals surface area contributed by atoms with Crippen molar-refractivity contribution < 1.29 is 9.90 Å². The number of hydrogen-bond acceptors (Lipinski definition) is 4. The molecule has 2 aromatic rings. The van der Waals surface area contributed by atoms with Crippen molar-refractivity contribution in [3.8, 4) is 0 Å². The second-order valence-corrected chi connectivity index (χ2v) is 7.60. The van der Waals surface area contributed by atoms with Crippen LogP contribution >= 0.6 is 0 Å². The number of β-amino-alcohol motifs (C(OH)–C–C–N with tert-alkyl or cyclic N) is 1. The van der Waals surface area contributed by atoms with Gasteiger partial charge in [0.05, 0.1) is 17.2 Å². The monoisotopic (exact) mass is 339 g/mol. The Bertz CT molecular complexity index is 785. The maximum atomic E-state index is 12.8. The largest absolute Gasteiger partial charge is 0.391 e. The number of benzene rings is 1. The van der Waals surface area contributed by atoms with Crippen LogP contribution in [0.1, 0.15) is 31.4 Å². The van der Waals surface area contributed by atoms with Gasteiger partial charge in [-0.05, 0) is 31.4 Å². The van der Waals surface area contributed by atoms with E-state index in [1.54, 1.807) is 4.90 Å². The van der Waals surface area contributed by atoms with Crippen molar-refractivity contribution in [3.05, 3.63) is 42.1 Å². The van der Waals surface area contributed by atoms with Gasteiger partial charge in [-0.3, -0.25) is 9.78 Å². The summed E-state index contributed by atoms with van der Waals surface area (Å²) in [5.74, 6) is 0.0284. The first-order valence-electron chi connectivity index (χ1n) is 9.16. The van der Waals surface area contributed by atoms with Crippen LogP contribution in [0.3, 0.4) is 0 Å². The van der Waals surface area contributed by atoms with Crippen molar-refractivity contribution in [1.82, 2.24) is 9.88 Å². The van der Waals surface area contributed by atoms with Crippen LogP contribution in [0, 0.1) is 5.92 Å². The van der Waals surface area contributed by atoms with E-state index in [0.717, 1.165) is 42.3 Å². The van der Waals surface area contributed by atoms with E-state index >= 15 is 0 Å². The van der Waals surface area contributed by atoms with Crippen LogP contribution in [-0.4, -0.2) is 45.6 Å². The third-order valence-corrected chi connectivity index (χ3v) is 5.74. The highest BCUT2D eigenvalue weighted by Crippen LogP contribution is 2.31. The number of pyridine rings is 1. The van der Waals surface area contributed by atoms with E-state index in [0.29, 0.717) is 19.5 Å². The van der Waals surface area contributed by atoms with Gasteiger partial charge in [-0.15, -0.1) is 0 Å². The van der Waals surface area contributed by atoms with Crippen LogP contribution in [0.5, 0.6) is 0 Å². The zero-order chi connectivity index (χ0) is 17.4. The number of rotatable bonds is 3. The SMILES string of the molecule is NC1(C(=O)N2CC(O)C(Cc3ccc4ccccc4n3)C2)CCCC1. The summed E-state index contributed by atoms with van der Waals surface area (Å²) in [5.41, 5.74) is 7.51. The third-order valence-electron chi connectivity index (χ3n) is 5.74. The highest BCUT2D eigenvalue weighted by Gasteiger charge is 2.44. The number of carbonyl (C=O) groups excluding carboxylic acids is 1. The Morgan fingerprint density at radius 3 is 2.76 bits per heavy atom. The lowest BCUT2D eigenvalue weighted by atomic mass is 9.97. The summed E-state index contributed by atoms with van der Waals surface area (Å²) in [6.07, 6.45) is 3.71. The molecule has 1 aliphatic heterocycles. The zero-order valence-corrected chi connectivity index (χ0v) is 14.4. The molecular weight excluding hydrogens is 314 g/mol. The minimum Gasteiger partial charge on any atom is -0.391 e. The van der Waals surface area contributed by atoms with E-state index in [2.05, 4.69) is 6.07 Å². The van der Waals surface area contributed by atoms with Gasteiger partial charge in [0.1, 0.15) is 0 Å². The molecule has 1 aromatic carbocycles. The maximum absolute atomic E-state index is 12.8. The van der Waals surface area contributed by atoms with Gasteiger partial charge in [-0.25, -0.2) is 0 Å². The Hall–Kier alpha value is -1.98. The van der Waals surface area contributed by atoms with Crippen LogP contribution in [0.4, 0.5) is 0 Å². The molecule has 2 aliphatic rings. The number of aromatic nitrogens is 1. The number of nitrogens with zero attached hydrogens (tertiary/aromatic N) is 2. The fourth-order valence-electron chi connectivity index (χ4n) is 4.25. The van der Waals surface area contributed by atoms with Crippen LogP contribution in [-0.2, 0) is 11.2 Å². The molecule has 1 aromatic heterocycles. The lowest BCUT2D eigenvalue weighted by Crippen LogP contribution is -2.53. The Morgan fingerprint density at radius 2 is 1.96 bits per heavy atom. The summed E-state index contributed by atoms with van der Waals surface area (Å²) >= 11 is 0. The Balaban J connectivity index is 1.46. The molecule has 132 valence electrons. The number of likely N-dealkylation sites (tertiary alicyclic amines) is 1. The van der Waals surface area contributed by atoms with E-state index in [1.165, 1.54) is 0 Å². The molecule has 5 nitrogen and oxygen atoms in total. The fourth-order valence-corrected chi connectivity index (χ4v) is 4.25. The predicted octanol–water partition coefficient (Wildman–Crippen LogP) is 1.87. The topological polar surface area (TPSA) is 79.5 Å². The Kier molecular flexibility index (Phi) is 4.21. The molecule has 0 spiro atoms. The number of para-hydroxylation sites is 1. The lowest BCUT2D eigenvalue weighted by Gasteiger charge is -2.28. The molecule has 4 rings (SSSR count). The van der Waals surface area contributed by atoms with E-state index in [1.807, 2.05) is 30.3 Å². The van der Waals surface area contributed by atoms with Crippen molar-refractivity contribution in [3.63, 3.8) is 0 Å². The minimum absolute atomic E-state index is 0.0121. The van der Waals surface area contributed by atoms with Crippen LogP contribution in [0.15, 0.2) is 36.4 Å². The minimum atomic E-state index is -0.712. The second kappa shape index (κ2) is 6.39. The maximum Gasteiger partial charge on any atom is 0.242 e. The highest BCUT2D eigenvalue weighted by molar-refractivity contribution is 5.86. The molecule has 2 atom stereocenters. The molecule has 3 N–H and O–H groups in total. The average Bonchev–Trinajstić information content (AvgIpc) is 3.21. The van der Waals surface area contributed by atoms with Crippen molar-refractivity contribution in [2.24, 2.45) is 11.7 Å². The van der Waals surface area contributed by atoms with E-state index in [4.69, 9.17) is 10.7 Å². The van der Waals surface area contributed by atoms with Crippen molar-refractivity contribution in [1.29, 1.82) is 0 Å². The van der Waals surface area contributed by atoms with E-state index < -0.39 is 11.6 Å². The molecule has 2 heterocycles. The lowest BCUT2D eigenvalue weighted by molar-refractivity contribution is -0.136. The summed E-state index contributed by atoms with van der Waals surface area (Å²) in [7, 11) is 0. The normalized spacial score (nSPS) is 25.6. The Labute approximate surface area is 147 Å². The van der Waals surface area contributed by atoms with Gasteiger partial charge in [0, 0.05) is 30.1 Å². The highest BCUT2D eigenvalue weighted by atomic mass is 16.3. The summed E-state index contributed by atoms with van der Waals surface area (Å²) < 4.78 is 0. The summed E-state index contributed by atoms with van der Waals surface area (Å²) in [4.78, 5) is 19.2. The fraction of sp³-hybridized carbons (Fsp3) is 0.500. The first-order chi connectivity index (χ1) is 12.0. The van der Waals surface area contributed by atoms with Gasteiger partial charge in [-0.2, -0.15) is 0 Å². The second-order valence-electron chi connectivity index (χ2n) is 7.60. The van der Waals surface area contributed by atoms with Gasteiger partial charge in [0.25, 0.3) is 0 Å². The molecule has 0 bridgehead atoms. The van der Waals surface area contributed by atoms with Crippen molar-refractivity contribution >= 4 is 16.8 Å². The van der Waals surface area contributed by atoms with Gasteiger partial charge >= 0.3 is 0 Å². The standard InChI is InChI=1S/C20H25N3O2/c21-20(9-3-4-10-20)19(25)23-12-15(18(24)13-23)11-16-8-7-14-5-1-2-6-17(14)22-16/h1-2,5-8,15,18,24H,3-4,9-13,21H2. The van der Waals surface area contributed by atoms with Gasteiger partial charge < -0.3 is 15.7 Å². The molecule has 5 heteroatoms. The molecule has 25 heavy (non-hydrogen) atoms. The van der Waals surface area contributed by atoms with E-state index in [-0.39, 0.29) is 11.8 Å². The van der Waals surface area contributed by atoms with Crippen molar-refractivity contribution in [2.45, 2.75) is 43.7 Å².